The molecule has 0 amide bonds. The molecule has 8 heavy (non-hydrogen) atoms. The summed E-state index contributed by atoms with van der Waals surface area (Å²) in [6.45, 7) is 7.15. The van der Waals surface area contributed by atoms with Crippen LogP contribution in [0.1, 0.15) is 33.6 Å². The van der Waals surface area contributed by atoms with Crippen LogP contribution in [0.2, 0.25) is 0 Å². The molecule has 0 aliphatic carbocycles. The minimum absolute atomic E-state index is 0.847. The van der Waals surface area contributed by atoms with Crippen molar-refractivity contribution in [3.63, 3.8) is 0 Å². The van der Waals surface area contributed by atoms with E-state index in [2.05, 4.69) is 19.3 Å². The van der Waals surface area contributed by atoms with Gasteiger partial charge >= 0.3 is 0 Å². The van der Waals surface area contributed by atoms with Crippen molar-refractivity contribution in [1.29, 1.82) is 0 Å². The summed E-state index contributed by atoms with van der Waals surface area (Å²) in [6.07, 6.45) is 2.64. The second kappa shape index (κ2) is 15.8. The second-order valence-corrected chi connectivity index (χ2v) is 1.56. The topological polar surface area (TPSA) is 38.0 Å². The first-order valence-corrected chi connectivity index (χ1v) is 3.26. The Kier molecular flexibility index (Phi) is 21.3. The van der Waals surface area contributed by atoms with E-state index in [1.807, 2.05) is 6.92 Å². The van der Waals surface area contributed by atoms with Crippen LogP contribution in [0.25, 0.3) is 0 Å². The first-order chi connectivity index (χ1) is 3.83. The molecule has 0 fully saturated rings. The number of hydrogen-bond donors (Lipinski definition) is 2. The van der Waals surface area contributed by atoms with Crippen LogP contribution in [0.3, 0.4) is 0 Å². The lowest BCUT2D eigenvalue weighted by Gasteiger charge is -1.77. The van der Waals surface area contributed by atoms with Gasteiger partial charge in [-0.1, -0.05) is 33.6 Å². The van der Waals surface area contributed by atoms with Crippen molar-refractivity contribution in [2.75, 3.05) is 6.54 Å². The van der Waals surface area contributed by atoms with Crippen molar-refractivity contribution in [2.24, 2.45) is 5.84 Å². The maximum absolute atomic E-state index is 4.78. The number of hydrogen-bond acceptors (Lipinski definition) is 2. The predicted octanol–water partition coefficient (Wildman–Crippen LogP) is 1.28. The fourth-order valence-electron chi connectivity index (χ4n) is 0. The zero-order chi connectivity index (χ0) is 6.83. The van der Waals surface area contributed by atoms with Gasteiger partial charge in [-0.3, -0.25) is 11.3 Å². The SMILES string of the molecule is CCCC.CCNN. The largest absolute Gasteiger partial charge is 0.271 e. The molecule has 0 rings (SSSR count). The molecular formula is C6H18N2. The minimum atomic E-state index is 0.847. The van der Waals surface area contributed by atoms with Crippen molar-refractivity contribution < 1.29 is 0 Å². The van der Waals surface area contributed by atoms with E-state index in [9.17, 15) is 0 Å². The monoisotopic (exact) mass is 118 g/mol. The first-order valence-electron chi connectivity index (χ1n) is 3.26. The fraction of sp³-hybridized carbons (Fsp3) is 1.00. The third kappa shape index (κ3) is 38.9. The number of unbranched alkanes of at least 4 members (excludes halogenated alkanes) is 1. The first kappa shape index (κ1) is 10.8. The number of hydrazine groups is 1. The van der Waals surface area contributed by atoms with Gasteiger partial charge in [0.2, 0.25) is 0 Å². The summed E-state index contributed by atoms with van der Waals surface area (Å²) < 4.78 is 0. The Balaban J connectivity index is 0. The molecule has 0 saturated carbocycles. The van der Waals surface area contributed by atoms with Crippen molar-refractivity contribution >= 4 is 0 Å². The van der Waals surface area contributed by atoms with Gasteiger partial charge in [0.25, 0.3) is 0 Å². The number of rotatable bonds is 2. The van der Waals surface area contributed by atoms with Crippen molar-refractivity contribution in [2.45, 2.75) is 33.6 Å². The Bertz CT molecular complexity index is 14.5. The molecule has 3 N–H and O–H groups in total. The highest BCUT2D eigenvalue weighted by Gasteiger charge is 1.56. The summed E-state index contributed by atoms with van der Waals surface area (Å²) in [5.41, 5.74) is 2.43. The molecule has 0 aliphatic rings. The lowest BCUT2D eigenvalue weighted by Crippen LogP contribution is -2.20. The maximum Gasteiger partial charge on any atom is 0.00689 e. The van der Waals surface area contributed by atoms with E-state index in [4.69, 9.17) is 5.84 Å². The highest BCUT2D eigenvalue weighted by Crippen LogP contribution is 1.76. The molecule has 0 aliphatic heterocycles. The Morgan fingerprint density at radius 2 is 1.38 bits per heavy atom. The summed E-state index contributed by atoms with van der Waals surface area (Å²) in [4.78, 5) is 0. The molecule has 0 unspecified atom stereocenters. The highest BCUT2D eigenvalue weighted by atomic mass is 15.2. The Morgan fingerprint density at radius 1 is 1.12 bits per heavy atom. The predicted molar refractivity (Wildman–Crippen MR) is 38.4 cm³/mol. The number of nitrogens with two attached hydrogens (primary N) is 1. The van der Waals surface area contributed by atoms with Crippen LogP contribution in [-0.2, 0) is 0 Å². The molecule has 2 nitrogen and oxygen atoms in total. The minimum Gasteiger partial charge on any atom is -0.271 e. The smallest absolute Gasteiger partial charge is 0.00689 e. The van der Waals surface area contributed by atoms with Gasteiger partial charge in [0, 0.05) is 6.54 Å². The van der Waals surface area contributed by atoms with Crippen LogP contribution in [-0.4, -0.2) is 6.54 Å². The Hall–Kier alpha value is -0.0800. The molecular weight excluding hydrogens is 100 g/mol. The van der Waals surface area contributed by atoms with Crippen LogP contribution < -0.4 is 11.3 Å². The quantitative estimate of drug-likeness (QED) is 0.423. The van der Waals surface area contributed by atoms with Crippen LogP contribution in [0.5, 0.6) is 0 Å². The molecule has 0 atom stereocenters. The summed E-state index contributed by atoms with van der Waals surface area (Å²) >= 11 is 0. The van der Waals surface area contributed by atoms with E-state index >= 15 is 0 Å². The van der Waals surface area contributed by atoms with Gasteiger partial charge in [-0.05, 0) is 0 Å². The molecule has 0 aromatic carbocycles. The summed E-state index contributed by atoms with van der Waals surface area (Å²) in [7, 11) is 0. The van der Waals surface area contributed by atoms with Gasteiger partial charge in [-0.2, -0.15) is 0 Å². The van der Waals surface area contributed by atoms with Crippen LogP contribution in [0.4, 0.5) is 0 Å². The normalized spacial score (nSPS) is 7.50. The number of nitrogens with one attached hydrogen (secondary N) is 1. The Labute approximate surface area is 52.4 Å². The maximum atomic E-state index is 4.78. The summed E-state index contributed by atoms with van der Waals surface area (Å²) in [5.74, 6) is 4.78. The van der Waals surface area contributed by atoms with Crippen LogP contribution >= 0.6 is 0 Å². The molecule has 0 spiro atoms. The van der Waals surface area contributed by atoms with Crippen LogP contribution in [0, 0.1) is 0 Å². The molecule has 52 valence electrons. The summed E-state index contributed by atoms with van der Waals surface area (Å²) in [6, 6.07) is 0. The third-order valence-electron chi connectivity index (χ3n) is 0.704. The van der Waals surface area contributed by atoms with E-state index < -0.39 is 0 Å². The van der Waals surface area contributed by atoms with E-state index in [1.165, 1.54) is 12.8 Å². The van der Waals surface area contributed by atoms with E-state index in [0.717, 1.165) is 6.54 Å². The van der Waals surface area contributed by atoms with Gasteiger partial charge in [0.1, 0.15) is 0 Å². The molecule has 0 radical (unpaired) electrons. The molecule has 0 aromatic rings. The second-order valence-electron chi connectivity index (χ2n) is 1.56. The zero-order valence-corrected chi connectivity index (χ0v) is 6.20. The van der Waals surface area contributed by atoms with Gasteiger partial charge in [-0.15, -0.1) is 0 Å². The molecule has 0 bridgehead atoms. The fourth-order valence-corrected chi connectivity index (χ4v) is 0. The average Bonchev–Trinajstić information content (AvgIpc) is 1.88. The highest BCUT2D eigenvalue weighted by molar-refractivity contribution is 4.12. The molecule has 0 saturated heterocycles. The third-order valence-corrected chi connectivity index (χ3v) is 0.704. The van der Waals surface area contributed by atoms with Gasteiger partial charge in [0.05, 0.1) is 0 Å². The van der Waals surface area contributed by atoms with Crippen molar-refractivity contribution in [3.05, 3.63) is 0 Å². The van der Waals surface area contributed by atoms with E-state index in [0.29, 0.717) is 0 Å². The Morgan fingerprint density at radius 3 is 1.38 bits per heavy atom. The zero-order valence-electron chi connectivity index (χ0n) is 6.20. The van der Waals surface area contributed by atoms with E-state index in [-0.39, 0.29) is 0 Å². The van der Waals surface area contributed by atoms with Gasteiger partial charge in [-0.25, -0.2) is 0 Å². The standard InChI is InChI=1S/C4H10.C2H8N2/c1-3-4-2;1-2-4-3/h3-4H2,1-2H3;4H,2-3H2,1H3. The summed E-state index contributed by atoms with van der Waals surface area (Å²) in [5, 5.41) is 0. The van der Waals surface area contributed by atoms with Gasteiger partial charge < -0.3 is 0 Å². The van der Waals surface area contributed by atoms with Crippen molar-refractivity contribution in [1.82, 2.24) is 5.43 Å². The van der Waals surface area contributed by atoms with Crippen LogP contribution in [0.15, 0.2) is 0 Å². The van der Waals surface area contributed by atoms with E-state index in [1.54, 1.807) is 0 Å². The molecule has 0 heterocycles. The average molecular weight is 118 g/mol. The van der Waals surface area contributed by atoms with Gasteiger partial charge in [0.15, 0.2) is 0 Å². The lowest BCUT2D eigenvalue weighted by atomic mass is 10.4. The van der Waals surface area contributed by atoms with Crippen molar-refractivity contribution in [3.8, 4) is 0 Å². The lowest BCUT2D eigenvalue weighted by molar-refractivity contribution is 0.781. The molecule has 0 aromatic heterocycles. The molecule has 2 heteroatoms.